The zero-order valence-electron chi connectivity index (χ0n) is 43.1. The lowest BCUT2D eigenvalue weighted by atomic mass is 9.99. The molecule has 0 spiro atoms. The van der Waals surface area contributed by atoms with Crippen molar-refractivity contribution in [1.82, 2.24) is 5.32 Å². The van der Waals surface area contributed by atoms with E-state index in [1.807, 2.05) is 6.08 Å². The highest BCUT2D eigenvalue weighted by Crippen LogP contribution is 2.23. The first kappa shape index (κ1) is 63.2. The Balaban J connectivity index is 2.10. The molecule has 1 aliphatic rings. The predicted molar refractivity (Wildman–Crippen MR) is 274 cm³/mol. The Kier molecular flexibility index (Phi) is 43.8. The van der Waals surface area contributed by atoms with Gasteiger partial charge in [-0.3, -0.25) is 9.59 Å². The summed E-state index contributed by atoms with van der Waals surface area (Å²) < 4.78 is 16.7. The highest BCUT2D eigenvalue weighted by atomic mass is 16.7. The maximum atomic E-state index is 13.0. The molecule has 1 heterocycles. The maximum Gasteiger partial charge on any atom is 0.305 e. The van der Waals surface area contributed by atoms with Gasteiger partial charge < -0.3 is 45.1 Å². The van der Waals surface area contributed by atoms with Gasteiger partial charge in [0.15, 0.2) is 6.29 Å². The molecule has 67 heavy (non-hydrogen) atoms. The van der Waals surface area contributed by atoms with Crippen molar-refractivity contribution in [3.63, 3.8) is 0 Å². The van der Waals surface area contributed by atoms with Gasteiger partial charge in [-0.2, -0.15) is 0 Å². The van der Waals surface area contributed by atoms with Crippen LogP contribution in [0.5, 0.6) is 0 Å². The molecule has 1 saturated heterocycles. The van der Waals surface area contributed by atoms with Crippen molar-refractivity contribution in [3.8, 4) is 0 Å². The lowest BCUT2D eigenvalue weighted by Crippen LogP contribution is -2.60. The van der Waals surface area contributed by atoms with E-state index in [-0.39, 0.29) is 18.5 Å². The molecule has 7 unspecified atom stereocenters. The van der Waals surface area contributed by atoms with Crippen molar-refractivity contribution >= 4 is 11.9 Å². The molecule has 1 fully saturated rings. The van der Waals surface area contributed by atoms with Crippen LogP contribution < -0.4 is 5.32 Å². The van der Waals surface area contributed by atoms with Gasteiger partial charge in [0.2, 0.25) is 5.91 Å². The Morgan fingerprint density at radius 2 is 0.955 bits per heavy atom. The molecule has 0 aromatic rings. The Morgan fingerprint density at radius 1 is 0.537 bits per heavy atom. The average Bonchev–Trinajstić information content (AvgIpc) is 3.32. The number of aliphatic hydroxyl groups excluding tert-OH is 5. The molecule has 0 aromatic heterocycles. The number of esters is 1. The third-order valence-electron chi connectivity index (χ3n) is 13.3. The Morgan fingerprint density at radius 3 is 1.43 bits per heavy atom. The second kappa shape index (κ2) is 46.5. The van der Waals surface area contributed by atoms with Crippen molar-refractivity contribution in [1.29, 1.82) is 0 Å². The highest BCUT2D eigenvalue weighted by molar-refractivity contribution is 5.76. The quantitative estimate of drug-likeness (QED) is 0.0196. The van der Waals surface area contributed by atoms with E-state index in [1.54, 1.807) is 6.08 Å². The minimum Gasteiger partial charge on any atom is -0.466 e. The number of amides is 1. The molecule has 11 nitrogen and oxygen atoms in total. The summed E-state index contributed by atoms with van der Waals surface area (Å²) in [6, 6.07) is -0.818. The van der Waals surface area contributed by atoms with Gasteiger partial charge in [0.25, 0.3) is 0 Å². The van der Waals surface area contributed by atoms with Crippen LogP contribution in [0.1, 0.15) is 258 Å². The molecule has 6 N–H and O–H groups in total. The Bertz CT molecular complexity index is 1170. The second-order valence-corrected chi connectivity index (χ2v) is 19.6. The van der Waals surface area contributed by atoms with Crippen molar-refractivity contribution in [2.75, 3.05) is 19.8 Å². The fraction of sp³-hybridized carbons (Fsp3) is 0.893. The van der Waals surface area contributed by atoms with Crippen LogP contribution in [-0.2, 0) is 23.8 Å². The van der Waals surface area contributed by atoms with Crippen molar-refractivity contribution in [2.24, 2.45) is 0 Å². The Hall–Kier alpha value is -1.86. The first-order chi connectivity index (χ1) is 32.7. The van der Waals surface area contributed by atoms with Crippen LogP contribution in [0.25, 0.3) is 0 Å². The number of aliphatic hydroxyl groups is 5. The molecule has 11 heteroatoms. The van der Waals surface area contributed by atoms with Crippen LogP contribution in [0, 0.1) is 0 Å². The maximum absolute atomic E-state index is 13.0. The van der Waals surface area contributed by atoms with Crippen LogP contribution in [0.3, 0.4) is 0 Å². The average molecular weight is 952 g/mol. The molecule has 0 bridgehead atoms. The van der Waals surface area contributed by atoms with Gasteiger partial charge in [-0.05, 0) is 57.8 Å². The third kappa shape index (κ3) is 36.7. The minimum atomic E-state index is -1.57. The Labute approximate surface area is 410 Å². The highest BCUT2D eigenvalue weighted by Gasteiger charge is 2.44. The zero-order chi connectivity index (χ0) is 48.8. The van der Waals surface area contributed by atoms with E-state index in [1.165, 1.54) is 141 Å². The molecule has 0 aliphatic carbocycles. The fourth-order valence-electron chi connectivity index (χ4n) is 8.78. The van der Waals surface area contributed by atoms with Crippen molar-refractivity contribution < 1.29 is 49.3 Å². The zero-order valence-corrected chi connectivity index (χ0v) is 43.1. The summed E-state index contributed by atoms with van der Waals surface area (Å²) in [7, 11) is 0. The largest absolute Gasteiger partial charge is 0.466 e. The minimum absolute atomic E-state index is 0.0134. The van der Waals surface area contributed by atoms with E-state index >= 15 is 0 Å². The van der Waals surface area contributed by atoms with Gasteiger partial charge in [-0.25, -0.2) is 0 Å². The first-order valence-corrected chi connectivity index (χ1v) is 28.1. The number of rotatable bonds is 48. The lowest BCUT2D eigenvalue weighted by molar-refractivity contribution is -0.302. The summed E-state index contributed by atoms with van der Waals surface area (Å²) in [4.78, 5) is 25.0. The van der Waals surface area contributed by atoms with Crippen LogP contribution in [0.15, 0.2) is 24.3 Å². The molecule has 0 radical (unpaired) electrons. The third-order valence-corrected chi connectivity index (χ3v) is 13.3. The standard InChI is InChI=1S/C56H105NO10/c1-3-5-7-9-11-13-23-28-32-36-40-44-52(61)65-45-41-37-33-29-25-22-20-18-16-15-17-19-21-24-27-31-35-39-43-51(60)57-48(47-66-56-55(64)54(63)53(62)50(46-58)67-56)49(59)42-38-34-30-26-14-12-10-8-6-4-2/h17,19,38,42,48-50,53-56,58-59,62-64H,3-16,18,20-37,39-41,43-47H2,1-2H3,(H,57,60)/b19-17-,42-38+. The van der Waals surface area contributed by atoms with Crippen LogP contribution in [-0.4, -0.2) is 100 Å². The monoisotopic (exact) mass is 952 g/mol. The number of unbranched alkanes of at least 4 members (excludes halogenated alkanes) is 32. The van der Waals surface area contributed by atoms with Gasteiger partial charge in [-0.1, -0.05) is 212 Å². The smallest absolute Gasteiger partial charge is 0.305 e. The first-order valence-electron chi connectivity index (χ1n) is 28.1. The topological polar surface area (TPSA) is 175 Å². The number of allylic oxidation sites excluding steroid dienone is 3. The molecule has 1 amide bonds. The van der Waals surface area contributed by atoms with Gasteiger partial charge in [0.05, 0.1) is 32.0 Å². The van der Waals surface area contributed by atoms with Gasteiger partial charge in [0.1, 0.15) is 24.4 Å². The normalized spacial score (nSPS) is 19.7. The van der Waals surface area contributed by atoms with Gasteiger partial charge in [-0.15, -0.1) is 0 Å². The van der Waals surface area contributed by atoms with E-state index in [0.29, 0.717) is 19.4 Å². The molecule has 0 aromatic carbocycles. The van der Waals surface area contributed by atoms with E-state index < -0.39 is 49.5 Å². The van der Waals surface area contributed by atoms with Crippen LogP contribution >= 0.6 is 0 Å². The van der Waals surface area contributed by atoms with E-state index in [2.05, 4.69) is 31.3 Å². The number of carbonyl (C=O) groups excluding carboxylic acids is 2. The summed E-state index contributed by atoms with van der Waals surface area (Å²) in [5, 5.41) is 54.2. The van der Waals surface area contributed by atoms with Crippen LogP contribution in [0.2, 0.25) is 0 Å². The van der Waals surface area contributed by atoms with Crippen LogP contribution in [0.4, 0.5) is 0 Å². The predicted octanol–water partition coefficient (Wildman–Crippen LogP) is 12.2. The summed E-state index contributed by atoms with van der Waals surface area (Å²) in [6.07, 6.45) is 44.1. The number of carbonyl (C=O) groups is 2. The molecular formula is C56H105NO10. The number of nitrogens with one attached hydrogen (secondary N) is 1. The molecule has 0 saturated carbocycles. The summed E-state index contributed by atoms with van der Waals surface area (Å²) in [5.41, 5.74) is 0. The SMILES string of the molecule is CCCCCCCCCC/C=C/C(O)C(COC1OC(CO)C(O)C(O)C1O)NC(=O)CCCCCCC/C=C\CCCCCCCCCCCOC(=O)CCCCCCCCCCCCC. The van der Waals surface area contributed by atoms with Crippen molar-refractivity contribution in [3.05, 3.63) is 24.3 Å². The van der Waals surface area contributed by atoms with Gasteiger partial charge >= 0.3 is 5.97 Å². The molecular weight excluding hydrogens is 847 g/mol. The number of hydrogen-bond acceptors (Lipinski definition) is 10. The molecule has 1 aliphatic heterocycles. The molecule has 7 atom stereocenters. The lowest BCUT2D eigenvalue weighted by Gasteiger charge is -2.40. The van der Waals surface area contributed by atoms with E-state index in [0.717, 1.165) is 89.9 Å². The summed E-state index contributed by atoms with van der Waals surface area (Å²) in [6.45, 7) is 4.29. The summed E-state index contributed by atoms with van der Waals surface area (Å²) >= 11 is 0. The van der Waals surface area contributed by atoms with E-state index in [4.69, 9.17) is 14.2 Å². The fourth-order valence-corrected chi connectivity index (χ4v) is 8.78. The molecule has 1 rings (SSSR count). The second-order valence-electron chi connectivity index (χ2n) is 19.6. The number of ether oxygens (including phenoxy) is 3. The van der Waals surface area contributed by atoms with E-state index in [9.17, 15) is 35.1 Å². The molecule has 394 valence electrons. The van der Waals surface area contributed by atoms with Gasteiger partial charge in [0, 0.05) is 12.8 Å². The summed E-state index contributed by atoms with van der Waals surface area (Å²) in [5.74, 6) is -0.211. The number of hydrogen-bond donors (Lipinski definition) is 6. The van der Waals surface area contributed by atoms with Crippen molar-refractivity contribution in [2.45, 2.75) is 301 Å².